The van der Waals surface area contributed by atoms with Crippen molar-refractivity contribution in [2.45, 2.75) is 17.5 Å². The van der Waals surface area contributed by atoms with Gasteiger partial charge in [0, 0.05) is 25.4 Å². The number of ether oxygens (including phenoxy) is 1. The number of halogens is 1. The molecule has 2 N–H and O–H groups in total. The van der Waals surface area contributed by atoms with E-state index in [-0.39, 0.29) is 18.3 Å². The Morgan fingerprint density at radius 3 is 2.46 bits per heavy atom. The standard InChI is InChI=1S/C19H20FN5O2S/c1-24(2)18(26)14-5-3-13(4-6-14)12-28-19-23-22-17(25(19)21)11-27-16-9-7-15(20)8-10-16/h3-10H,11-12,21H2,1-2H3. The Labute approximate surface area is 166 Å². The van der Waals surface area contributed by atoms with Crippen LogP contribution in [0.2, 0.25) is 0 Å². The molecule has 0 saturated heterocycles. The molecule has 0 radical (unpaired) electrons. The van der Waals surface area contributed by atoms with Gasteiger partial charge in [-0.25, -0.2) is 9.07 Å². The molecule has 146 valence electrons. The van der Waals surface area contributed by atoms with Crippen LogP contribution in [-0.2, 0) is 12.4 Å². The summed E-state index contributed by atoms with van der Waals surface area (Å²) in [7, 11) is 3.44. The fourth-order valence-corrected chi connectivity index (χ4v) is 3.16. The number of aromatic nitrogens is 3. The van der Waals surface area contributed by atoms with Crippen LogP contribution in [0.25, 0.3) is 0 Å². The first-order valence-corrected chi connectivity index (χ1v) is 9.43. The van der Waals surface area contributed by atoms with Crippen molar-refractivity contribution in [3.05, 3.63) is 71.3 Å². The summed E-state index contributed by atoms with van der Waals surface area (Å²) in [6.07, 6.45) is 0. The number of nitrogens with two attached hydrogens (primary N) is 1. The van der Waals surface area contributed by atoms with Crippen molar-refractivity contribution >= 4 is 17.7 Å². The van der Waals surface area contributed by atoms with E-state index in [1.165, 1.54) is 45.6 Å². The van der Waals surface area contributed by atoms with Crippen molar-refractivity contribution in [1.82, 2.24) is 19.8 Å². The number of carbonyl (C=O) groups excluding carboxylic acids is 1. The molecule has 7 nitrogen and oxygen atoms in total. The van der Waals surface area contributed by atoms with Crippen LogP contribution >= 0.6 is 11.8 Å². The Balaban J connectivity index is 1.56. The monoisotopic (exact) mass is 401 g/mol. The normalized spacial score (nSPS) is 10.7. The van der Waals surface area contributed by atoms with Gasteiger partial charge in [-0.1, -0.05) is 23.9 Å². The molecule has 2 aromatic carbocycles. The van der Waals surface area contributed by atoms with Gasteiger partial charge in [-0.3, -0.25) is 4.79 Å². The van der Waals surface area contributed by atoms with E-state index in [1.54, 1.807) is 26.2 Å². The zero-order valence-electron chi connectivity index (χ0n) is 15.5. The van der Waals surface area contributed by atoms with Gasteiger partial charge in [-0.05, 0) is 42.0 Å². The Bertz CT molecular complexity index is 942. The Morgan fingerprint density at radius 1 is 1.14 bits per heavy atom. The maximum Gasteiger partial charge on any atom is 0.253 e. The van der Waals surface area contributed by atoms with E-state index in [0.29, 0.717) is 28.0 Å². The summed E-state index contributed by atoms with van der Waals surface area (Å²) < 4.78 is 19.8. The minimum Gasteiger partial charge on any atom is -0.486 e. The topological polar surface area (TPSA) is 86.3 Å². The molecule has 1 amide bonds. The fraction of sp³-hybridized carbons (Fsp3) is 0.211. The van der Waals surface area contributed by atoms with Gasteiger partial charge in [0.15, 0.2) is 5.82 Å². The van der Waals surface area contributed by atoms with Crippen molar-refractivity contribution in [3.63, 3.8) is 0 Å². The second-order valence-electron chi connectivity index (χ2n) is 6.20. The molecule has 0 aliphatic heterocycles. The number of nitrogen functional groups attached to an aromatic ring is 1. The van der Waals surface area contributed by atoms with Gasteiger partial charge >= 0.3 is 0 Å². The largest absolute Gasteiger partial charge is 0.486 e. The van der Waals surface area contributed by atoms with Gasteiger partial charge in [0.25, 0.3) is 5.91 Å². The third-order valence-corrected chi connectivity index (χ3v) is 4.91. The maximum absolute atomic E-state index is 12.9. The summed E-state index contributed by atoms with van der Waals surface area (Å²) >= 11 is 1.43. The third kappa shape index (κ3) is 4.80. The highest BCUT2D eigenvalue weighted by atomic mass is 32.2. The number of thioether (sulfide) groups is 1. The quantitative estimate of drug-likeness (QED) is 0.484. The summed E-state index contributed by atoms with van der Waals surface area (Å²) in [4.78, 5) is 13.5. The second-order valence-corrected chi connectivity index (χ2v) is 7.14. The van der Waals surface area contributed by atoms with Crippen LogP contribution in [0, 0.1) is 5.82 Å². The highest BCUT2D eigenvalue weighted by Crippen LogP contribution is 2.21. The summed E-state index contributed by atoms with van der Waals surface area (Å²) in [6, 6.07) is 13.1. The second kappa shape index (κ2) is 8.75. The molecule has 0 aliphatic rings. The molecule has 0 saturated carbocycles. The Hall–Kier alpha value is -3.07. The molecule has 0 bridgehead atoms. The minimum absolute atomic E-state index is 0.0355. The predicted molar refractivity (Wildman–Crippen MR) is 105 cm³/mol. The lowest BCUT2D eigenvalue weighted by Gasteiger charge is -2.10. The van der Waals surface area contributed by atoms with Crippen molar-refractivity contribution < 1.29 is 13.9 Å². The molecular weight excluding hydrogens is 381 g/mol. The number of carbonyl (C=O) groups is 1. The van der Waals surface area contributed by atoms with Crippen molar-refractivity contribution in [2.75, 3.05) is 19.9 Å². The van der Waals surface area contributed by atoms with Crippen LogP contribution in [0.3, 0.4) is 0 Å². The first kappa shape index (κ1) is 19.7. The lowest BCUT2D eigenvalue weighted by Crippen LogP contribution is -2.21. The summed E-state index contributed by atoms with van der Waals surface area (Å²) in [5.41, 5.74) is 1.67. The van der Waals surface area contributed by atoms with E-state index in [2.05, 4.69) is 10.2 Å². The van der Waals surface area contributed by atoms with Crippen LogP contribution in [0.15, 0.2) is 53.7 Å². The van der Waals surface area contributed by atoms with E-state index in [9.17, 15) is 9.18 Å². The number of hydrogen-bond donors (Lipinski definition) is 1. The fourth-order valence-electron chi connectivity index (χ4n) is 2.33. The van der Waals surface area contributed by atoms with E-state index in [4.69, 9.17) is 10.6 Å². The number of benzene rings is 2. The molecule has 1 aromatic heterocycles. The number of rotatable bonds is 7. The number of hydrogen-bond acceptors (Lipinski definition) is 6. The van der Waals surface area contributed by atoms with E-state index < -0.39 is 0 Å². The lowest BCUT2D eigenvalue weighted by atomic mass is 10.1. The smallest absolute Gasteiger partial charge is 0.253 e. The van der Waals surface area contributed by atoms with E-state index in [1.807, 2.05) is 12.1 Å². The molecule has 28 heavy (non-hydrogen) atoms. The van der Waals surface area contributed by atoms with Gasteiger partial charge in [0.1, 0.15) is 18.2 Å². The van der Waals surface area contributed by atoms with Gasteiger partial charge < -0.3 is 15.5 Å². The molecule has 0 unspecified atom stereocenters. The third-order valence-electron chi connectivity index (χ3n) is 3.89. The maximum atomic E-state index is 12.9. The zero-order chi connectivity index (χ0) is 20.1. The van der Waals surface area contributed by atoms with Crippen LogP contribution in [0.1, 0.15) is 21.7 Å². The lowest BCUT2D eigenvalue weighted by molar-refractivity contribution is 0.0827. The molecule has 0 fully saturated rings. The summed E-state index contributed by atoms with van der Waals surface area (Å²) in [5.74, 6) is 7.28. The summed E-state index contributed by atoms with van der Waals surface area (Å²) in [5, 5.41) is 8.66. The van der Waals surface area contributed by atoms with Crippen LogP contribution in [0.4, 0.5) is 4.39 Å². The van der Waals surface area contributed by atoms with E-state index in [0.717, 1.165) is 5.56 Å². The molecule has 3 aromatic rings. The first-order chi connectivity index (χ1) is 13.4. The molecule has 9 heteroatoms. The summed E-state index contributed by atoms with van der Waals surface area (Å²) in [6.45, 7) is 0.122. The predicted octanol–water partition coefficient (Wildman–Crippen LogP) is 2.70. The SMILES string of the molecule is CN(C)C(=O)c1ccc(CSc2nnc(COc3ccc(F)cc3)n2N)cc1. The molecule has 1 heterocycles. The molecule has 0 aliphatic carbocycles. The Morgan fingerprint density at radius 2 is 1.82 bits per heavy atom. The van der Waals surface area contributed by atoms with Gasteiger partial charge in [0.2, 0.25) is 5.16 Å². The molecule has 3 rings (SSSR count). The van der Waals surface area contributed by atoms with Crippen LogP contribution in [-0.4, -0.2) is 39.8 Å². The highest BCUT2D eigenvalue weighted by molar-refractivity contribution is 7.98. The van der Waals surface area contributed by atoms with Gasteiger partial charge in [-0.2, -0.15) is 0 Å². The highest BCUT2D eigenvalue weighted by Gasteiger charge is 2.12. The van der Waals surface area contributed by atoms with Crippen molar-refractivity contribution in [3.8, 4) is 5.75 Å². The number of nitrogens with zero attached hydrogens (tertiary/aromatic N) is 4. The molecule has 0 atom stereocenters. The average Bonchev–Trinajstić information content (AvgIpc) is 3.05. The van der Waals surface area contributed by atoms with Crippen molar-refractivity contribution in [1.29, 1.82) is 0 Å². The zero-order valence-corrected chi connectivity index (χ0v) is 16.3. The minimum atomic E-state index is -0.327. The number of amides is 1. The van der Waals surface area contributed by atoms with E-state index >= 15 is 0 Å². The van der Waals surface area contributed by atoms with Gasteiger partial charge in [0.05, 0.1) is 0 Å². The average molecular weight is 401 g/mol. The van der Waals surface area contributed by atoms with Crippen molar-refractivity contribution in [2.24, 2.45) is 0 Å². The van der Waals surface area contributed by atoms with Gasteiger partial charge in [-0.15, -0.1) is 10.2 Å². The van der Waals surface area contributed by atoms with Crippen LogP contribution in [0.5, 0.6) is 5.75 Å². The Kier molecular flexibility index (Phi) is 6.15. The van der Waals surface area contributed by atoms with Crippen LogP contribution < -0.4 is 10.6 Å². The molecular formula is C19H20FN5O2S. The first-order valence-electron chi connectivity index (χ1n) is 8.45. The molecule has 0 spiro atoms.